The quantitative estimate of drug-likeness (QED) is 0.757. The lowest BCUT2D eigenvalue weighted by molar-refractivity contribution is -0.119. The highest BCUT2D eigenvalue weighted by molar-refractivity contribution is 6.16. The fourth-order valence-electron chi connectivity index (χ4n) is 1.48. The van der Waals surface area contributed by atoms with Gasteiger partial charge in [-0.3, -0.25) is 0 Å². The maximum Gasteiger partial charge on any atom is 0.405 e. The Bertz CT molecular complexity index is 355. The molecule has 1 rings (SSSR count). The molecule has 0 aliphatic carbocycles. The number of alkyl halides is 4. The van der Waals surface area contributed by atoms with Crippen molar-refractivity contribution in [1.29, 1.82) is 0 Å². The van der Waals surface area contributed by atoms with Crippen molar-refractivity contribution in [2.24, 2.45) is 0 Å². The van der Waals surface area contributed by atoms with E-state index in [2.05, 4.69) is 4.98 Å². The van der Waals surface area contributed by atoms with Gasteiger partial charge in [0.05, 0.1) is 11.6 Å². The first-order valence-electron chi connectivity index (χ1n) is 5.30. The Morgan fingerprint density at radius 2 is 2.06 bits per heavy atom. The standard InChI is InChI=1S/C11H14ClF3N2/c1-2-6-17(8-11(13,14)15)10-5-3-4-9(7-12)16-10/h3-5H,2,6-8H2,1H3. The third-order valence-electron chi connectivity index (χ3n) is 2.12. The first-order valence-corrected chi connectivity index (χ1v) is 5.83. The van der Waals surface area contributed by atoms with E-state index in [1.165, 1.54) is 4.90 Å². The van der Waals surface area contributed by atoms with Crippen LogP contribution < -0.4 is 4.90 Å². The summed E-state index contributed by atoms with van der Waals surface area (Å²) >= 11 is 5.61. The van der Waals surface area contributed by atoms with E-state index in [4.69, 9.17) is 11.6 Å². The zero-order valence-electron chi connectivity index (χ0n) is 9.47. The van der Waals surface area contributed by atoms with Crippen molar-refractivity contribution in [2.75, 3.05) is 18.0 Å². The average Bonchev–Trinajstić information content (AvgIpc) is 2.27. The zero-order chi connectivity index (χ0) is 12.9. The van der Waals surface area contributed by atoms with Crippen LogP contribution in [0.15, 0.2) is 18.2 Å². The maximum absolute atomic E-state index is 12.4. The van der Waals surface area contributed by atoms with Crippen LogP contribution in [-0.2, 0) is 5.88 Å². The van der Waals surface area contributed by atoms with Crippen molar-refractivity contribution in [3.05, 3.63) is 23.9 Å². The molecule has 0 aromatic carbocycles. The van der Waals surface area contributed by atoms with Gasteiger partial charge in [-0.15, -0.1) is 11.6 Å². The molecule has 0 unspecified atom stereocenters. The van der Waals surface area contributed by atoms with Gasteiger partial charge in [0.15, 0.2) is 0 Å². The van der Waals surface area contributed by atoms with Gasteiger partial charge in [-0.05, 0) is 18.6 Å². The Kier molecular flexibility index (Phi) is 5.05. The van der Waals surface area contributed by atoms with Gasteiger partial charge in [-0.25, -0.2) is 4.98 Å². The van der Waals surface area contributed by atoms with Crippen molar-refractivity contribution < 1.29 is 13.2 Å². The highest BCUT2D eigenvalue weighted by atomic mass is 35.5. The third-order valence-corrected chi connectivity index (χ3v) is 2.39. The minimum atomic E-state index is -4.23. The molecule has 1 aromatic rings. The fourth-order valence-corrected chi connectivity index (χ4v) is 1.63. The number of pyridine rings is 1. The van der Waals surface area contributed by atoms with E-state index >= 15 is 0 Å². The molecule has 0 spiro atoms. The second kappa shape index (κ2) is 6.10. The van der Waals surface area contributed by atoms with Gasteiger partial charge in [0, 0.05) is 6.54 Å². The van der Waals surface area contributed by atoms with Crippen LogP contribution in [-0.4, -0.2) is 24.2 Å². The van der Waals surface area contributed by atoms with Crippen LogP contribution in [0.1, 0.15) is 19.0 Å². The number of hydrogen-bond donors (Lipinski definition) is 0. The third kappa shape index (κ3) is 4.81. The summed E-state index contributed by atoms with van der Waals surface area (Å²) in [6, 6.07) is 4.92. The smallest absolute Gasteiger partial charge is 0.348 e. The minimum Gasteiger partial charge on any atom is -0.348 e. The Hall–Kier alpha value is -0.970. The van der Waals surface area contributed by atoms with Gasteiger partial charge < -0.3 is 4.90 Å². The van der Waals surface area contributed by atoms with E-state index < -0.39 is 12.7 Å². The zero-order valence-corrected chi connectivity index (χ0v) is 10.2. The van der Waals surface area contributed by atoms with Crippen LogP contribution in [0.5, 0.6) is 0 Å². The molecule has 0 bridgehead atoms. The van der Waals surface area contributed by atoms with Crippen molar-refractivity contribution in [3.63, 3.8) is 0 Å². The molecule has 17 heavy (non-hydrogen) atoms. The van der Waals surface area contributed by atoms with Crippen LogP contribution in [0.2, 0.25) is 0 Å². The van der Waals surface area contributed by atoms with Crippen LogP contribution in [0.25, 0.3) is 0 Å². The number of anilines is 1. The van der Waals surface area contributed by atoms with Gasteiger partial charge in [-0.2, -0.15) is 13.2 Å². The summed E-state index contributed by atoms with van der Waals surface area (Å²) < 4.78 is 37.2. The van der Waals surface area contributed by atoms with E-state index in [-0.39, 0.29) is 5.88 Å². The molecular weight excluding hydrogens is 253 g/mol. The van der Waals surface area contributed by atoms with E-state index in [0.29, 0.717) is 24.5 Å². The van der Waals surface area contributed by atoms with E-state index in [1.807, 2.05) is 6.92 Å². The Labute approximate surface area is 103 Å². The maximum atomic E-state index is 12.4. The molecule has 1 aromatic heterocycles. The van der Waals surface area contributed by atoms with Crippen LogP contribution >= 0.6 is 11.6 Å². The van der Waals surface area contributed by atoms with Gasteiger partial charge in [0.2, 0.25) is 0 Å². The average molecular weight is 267 g/mol. The Morgan fingerprint density at radius 1 is 1.35 bits per heavy atom. The molecule has 0 N–H and O–H groups in total. The summed E-state index contributed by atoms with van der Waals surface area (Å²) in [5.41, 5.74) is 0.576. The topological polar surface area (TPSA) is 16.1 Å². The SMILES string of the molecule is CCCN(CC(F)(F)F)c1cccc(CCl)n1. The molecule has 0 aliphatic heterocycles. The van der Waals surface area contributed by atoms with Gasteiger partial charge in [0.25, 0.3) is 0 Å². The number of halogens is 4. The number of aromatic nitrogens is 1. The molecule has 0 radical (unpaired) electrons. The molecule has 0 amide bonds. The summed E-state index contributed by atoms with van der Waals surface area (Å²) in [4.78, 5) is 5.31. The Balaban J connectivity index is 2.88. The Morgan fingerprint density at radius 3 is 2.59 bits per heavy atom. The summed E-state index contributed by atoms with van der Waals surface area (Å²) in [5, 5.41) is 0. The predicted molar refractivity (Wildman–Crippen MR) is 62.4 cm³/mol. The lowest BCUT2D eigenvalue weighted by Crippen LogP contribution is -2.35. The largest absolute Gasteiger partial charge is 0.405 e. The van der Waals surface area contributed by atoms with Crippen molar-refractivity contribution in [1.82, 2.24) is 4.98 Å². The first-order chi connectivity index (χ1) is 7.96. The molecule has 0 saturated heterocycles. The first kappa shape index (κ1) is 14.1. The number of rotatable bonds is 5. The van der Waals surface area contributed by atoms with Gasteiger partial charge in [-0.1, -0.05) is 13.0 Å². The molecule has 96 valence electrons. The highest BCUT2D eigenvalue weighted by Crippen LogP contribution is 2.21. The van der Waals surface area contributed by atoms with Crippen molar-refractivity contribution >= 4 is 17.4 Å². The van der Waals surface area contributed by atoms with E-state index in [1.54, 1.807) is 18.2 Å². The number of hydrogen-bond acceptors (Lipinski definition) is 2. The van der Waals surface area contributed by atoms with Crippen molar-refractivity contribution in [2.45, 2.75) is 25.4 Å². The lowest BCUT2D eigenvalue weighted by atomic mass is 10.3. The van der Waals surface area contributed by atoms with Crippen LogP contribution in [0, 0.1) is 0 Å². The summed E-state index contributed by atoms with van der Waals surface area (Å²) in [7, 11) is 0. The summed E-state index contributed by atoms with van der Waals surface area (Å²) in [6.45, 7) is 1.16. The van der Waals surface area contributed by atoms with Crippen molar-refractivity contribution in [3.8, 4) is 0 Å². The number of nitrogens with zero attached hydrogens (tertiary/aromatic N) is 2. The second-order valence-electron chi connectivity index (χ2n) is 3.66. The molecule has 0 aliphatic rings. The van der Waals surface area contributed by atoms with Crippen LogP contribution in [0.4, 0.5) is 19.0 Å². The van der Waals surface area contributed by atoms with Gasteiger partial charge in [0.1, 0.15) is 12.4 Å². The molecule has 0 saturated carbocycles. The fraction of sp³-hybridized carbons (Fsp3) is 0.545. The minimum absolute atomic E-state index is 0.194. The van der Waals surface area contributed by atoms with E-state index in [0.717, 1.165) is 0 Å². The van der Waals surface area contributed by atoms with E-state index in [9.17, 15) is 13.2 Å². The second-order valence-corrected chi connectivity index (χ2v) is 3.92. The predicted octanol–water partition coefficient (Wildman–Crippen LogP) is 3.60. The summed E-state index contributed by atoms with van der Waals surface area (Å²) in [6.07, 6.45) is -3.60. The lowest BCUT2D eigenvalue weighted by Gasteiger charge is -2.24. The molecular formula is C11H14ClF3N2. The normalized spacial score (nSPS) is 11.6. The monoisotopic (exact) mass is 266 g/mol. The van der Waals surface area contributed by atoms with Crippen LogP contribution in [0.3, 0.4) is 0 Å². The molecule has 1 heterocycles. The molecule has 0 atom stereocenters. The molecule has 2 nitrogen and oxygen atoms in total. The highest BCUT2D eigenvalue weighted by Gasteiger charge is 2.31. The van der Waals surface area contributed by atoms with Gasteiger partial charge >= 0.3 is 6.18 Å². The molecule has 0 fully saturated rings. The summed E-state index contributed by atoms with van der Waals surface area (Å²) in [5.74, 6) is 0.516. The molecule has 6 heteroatoms.